The third-order valence-corrected chi connectivity index (χ3v) is 4.00. The average Bonchev–Trinajstić information content (AvgIpc) is 2.83. The molecule has 2 rings (SSSR count). The quantitative estimate of drug-likeness (QED) is 0.827. The number of ether oxygens (including phenoxy) is 1. The Balaban J connectivity index is 1.90. The molecule has 1 atom stereocenters. The molecule has 3 N–H and O–H groups in total. The molecule has 0 radical (unpaired) electrons. The predicted molar refractivity (Wildman–Crippen MR) is 67.7 cm³/mol. The molecular weight excluding hydrogens is 236 g/mol. The van der Waals surface area contributed by atoms with Gasteiger partial charge in [0.1, 0.15) is 0 Å². The standard InChI is InChI=1S/C12H18N2O2S/c13-12(15)11(9-3-5-16-6-4-9)14-8-10-2-1-7-17-10/h1-2,7,9,11,14H,3-6,8H2,(H2,13,15). The van der Waals surface area contributed by atoms with E-state index in [-0.39, 0.29) is 11.9 Å². The van der Waals surface area contributed by atoms with Crippen molar-refractivity contribution in [2.45, 2.75) is 25.4 Å². The van der Waals surface area contributed by atoms with Crippen LogP contribution >= 0.6 is 11.3 Å². The minimum absolute atomic E-state index is 0.235. The highest BCUT2D eigenvalue weighted by atomic mass is 32.1. The Morgan fingerprint density at radius 1 is 1.59 bits per heavy atom. The first-order valence-corrected chi connectivity index (χ1v) is 6.78. The minimum atomic E-state index is -0.256. The molecule has 1 aromatic heterocycles. The fraction of sp³-hybridized carbons (Fsp3) is 0.583. The lowest BCUT2D eigenvalue weighted by Crippen LogP contribution is -2.47. The number of primary amides is 1. The van der Waals surface area contributed by atoms with Gasteiger partial charge < -0.3 is 15.8 Å². The number of hydrogen-bond acceptors (Lipinski definition) is 4. The predicted octanol–water partition coefficient (Wildman–Crippen LogP) is 1.12. The van der Waals surface area contributed by atoms with E-state index in [2.05, 4.69) is 11.4 Å². The van der Waals surface area contributed by atoms with Gasteiger partial charge in [0, 0.05) is 24.6 Å². The Hall–Kier alpha value is -0.910. The van der Waals surface area contributed by atoms with Crippen LogP contribution in [0.5, 0.6) is 0 Å². The van der Waals surface area contributed by atoms with E-state index in [0.29, 0.717) is 12.5 Å². The van der Waals surface area contributed by atoms with Gasteiger partial charge in [-0.2, -0.15) is 0 Å². The topological polar surface area (TPSA) is 64.4 Å². The summed E-state index contributed by atoms with van der Waals surface area (Å²) in [5.74, 6) is 0.0506. The fourth-order valence-electron chi connectivity index (χ4n) is 2.17. The zero-order valence-corrected chi connectivity index (χ0v) is 10.5. The lowest BCUT2D eigenvalue weighted by Gasteiger charge is -2.28. The summed E-state index contributed by atoms with van der Waals surface area (Å²) in [5.41, 5.74) is 5.47. The van der Waals surface area contributed by atoms with Crippen molar-refractivity contribution < 1.29 is 9.53 Å². The molecule has 1 saturated heterocycles. The lowest BCUT2D eigenvalue weighted by atomic mass is 9.91. The second-order valence-electron chi connectivity index (χ2n) is 4.29. The van der Waals surface area contributed by atoms with Gasteiger partial charge in [0.05, 0.1) is 6.04 Å². The van der Waals surface area contributed by atoms with Crippen molar-refractivity contribution in [3.63, 3.8) is 0 Å². The molecule has 17 heavy (non-hydrogen) atoms. The molecular formula is C12H18N2O2S. The first-order valence-electron chi connectivity index (χ1n) is 5.90. The van der Waals surface area contributed by atoms with E-state index in [9.17, 15) is 4.79 Å². The maximum absolute atomic E-state index is 11.5. The van der Waals surface area contributed by atoms with Crippen molar-refractivity contribution in [2.75, 3.05) is 13.2 Å². The molecule has 0 spiro atoms. The van der Waals surface area contributed by atoms with E-state index in [1.165, 1.54) is 4.88 Å². The molecule has 1 aromatic rings. The molecule has 4 nitrogen and oxygen atoms in total. The van der Waals surface area contributed by atoms with Crippen LogP contribution in [0.3, 0.4) is 0 Å². The van der Waals surface area contributed by atoms with Gasteiger partial charge in [-0.1, -0.05) is 6.07 Å². The van der Waals surface area contributed by atoms with Gasteiger partial charge in [0.2, 0.25) is 5.91 Å². The maximum Gasteiger partial charge on any atom is 0.234 e. The largest absolute Gasteiger partial charge is 0.381 e. The second-order valence-corrected chi connectivity index (χ2v) is 5.32. The molecule has 0 bridgehead atoms. The highest BCUT2D eigenvalue weighted by Gasteiger charge is 2.27. The molecule has 0 aromatic carbocycles. The minimum Gasteiger partial charge on any atom is -0.381 e. The van der Waals surface area contributed by atoms with Gasteiger partial charge in [0.25, 0.3) is 0 Å². The number of rotatable bonds is 5. The molecule has 0 saturated carbocycles. The van der Waals surface area contributed by atoms with Crippen LogP contribution < -0.4 is 11.1 Å². The zero-order chi connectivity index (χ0) is 12.1. The summed E-state index contributed by atoms with van der Waals surface area (Å²) in [6.45, 7) is 2.17. The Kier molecular flexibility index (Phi) is 4.53. The number of hydrogen-bond donors (Lipinski definition) is 2. The van der Waals surface area contributed by atoms with Gasteiger partial charge in [-0.25, -0.2) is 0 Å². The summed E-state index contributed by atoms with van der Waals surface area (Å²) in [4.78, 5) is 12.7. The maximum atomic E-state index is 11.5. The Morgan fingerprint density at radius 3 is 2.94 bits per heavy atom. The molecule has 2 heterocycles. The van der Waals surface area contributed by atoms with Gasteiger partial charge in [-0.15, -0.1) is 11.3 Å². The van der Waals surface area contributed by atoms with E-state index in [0.717, 1.165) is 26.1 Å². The lowest BCUT2D eigenvalue weighted by molar-refractivity contribution is -0.122. The van der Waals surface area contributed by atoms with E-state index < -0.39 is 0 Å². The normalized spacial score (nSPS) is 19.1. The van der Waals surface area contributed by atoms with Crippen LogP contribution in [0.2, 0.25) is 0 Å². The van der Waals surface area contributed by atoms with Crippen molar-refractivity contribution >= 4 is 17.2 Å². The molecule has 1 unspecified atom stereocenters. The number of nitrogens with two attached hydrogens (primary N) is 1. The first kappa shape index (κ1) is 12.5. The first-order chi connectivity index (χ1) is 8.27. The van der Waals surface area contributed by atoms with E-state index >= 15 is 0 Å². The molecule has 1 aliphatic heterocycles. The van der Waals surface area contributed by atoms with Crippen LogP contribution in [0.15, 0.2) is 17.5 Å². The summed E-state index contributed by atoms with van der Waals surface area (Å²) in [5, 5.41) is 5.30. The smallest absolute Gasteiger partial charge is 0.234 e. The average molecular weight is 254 g/mol. The summed E-state index contributed by atoms with van der Waals surface area (Å²) in [6.07, 6.45) is 1.82. The molecule has 1 aliphatic rings. The summed E-state index contributed by atoms with van der Waals surface area (Å²) < 4.78 is 5.30. The highest BCUT2D eigenvalue weighted by molar-refractivity contribution is 7.09. The van der Waals surface area contributed by atoms with Crippen molar-refractivity contribution in [1.82, 2.24) is 5.32 Å². The van der Waals surface area contributed by atoms with Crippen molar-refractivity contribution in [1.29, 1.82) is 0 Å². The summed E-state index contributed by atoms with van der Waals surface area (Å²) in [6, 6.07) is 3.83. The van der Waals surface area contributed by atoms with E-state index in [1.54, 1.807) is 11.3 Å². The molecule has 1 fully saturated rings. The number of carbonyl (C=O) groups is 1. The Bertz CT molecular complexity index is 347. The summed E-state index contributed by atoms with van der Waals surface area (Å²) >= 11 is 1.68. The van der Waals surface area contributed by atoms with Crippen LogP contribution in [0, 0.1) is 5.92 Å². The molecule has 5 heteroatoms. The number of nitrogens with one attached hydrogen (secondary N) is 1. The van der Waals surface area contributed by atoms with Crippen molar-refractivity contribution in [2.24, 2.45) is 11.7 Å². The second kappa shape index (κ2) is 6.14. The van der Waals surface area contributed by atoms with Gasteiger partial charge in [0.15, 0.2) is 0 Å². The van der Waals surface area contributed by atoms with Crippen molar-refractivity contribution in [3.05, 3.63) is 22.4 Å². The third kappa shape index (κ3) is 3.52. The van der Waals surface area contributed by atoms with Crippen LogP contribution in [-0.2, 0) is 16.1 Å². The van der Waals surface area contributed by atoms with Crippen LogP contribution in [0.4, 0.5) is 0 Å². The Morgan fingerprint density at radius 2 is 2.35 bits per heavy atom. The van der Waals surface area contributed by atoms with Gasteiger partial charge in [-0.05, 0) is 30.2 Å². The number of amides is 1. The molecule has 1 amide bonds. The SMILES string of the molecule is NC(=O)C(NCc1cccs1)C1CCOCC1. The molecule has 0 aliphatic carbocycles. The summed E-state index contributed by atoms with van der Waals surface area (Å²) in [7, 11) is 0. The van der Waals surface area contributed by atoms with E-state index in [1.807, 2.05) is 11.4 Å². The fourth-order valence-corrected chi connectivity index (χ4v) is 2.83. The van der Waals surface area contributed by atoms with Crippen molar-refractivity contribution in [3.8, 4) is 0 Å². The van der Waals surface area contributed by atoms with Crippen LogP contribution in [0.25, 0.3) is 0 Å². The number of thiophene rings is 1. The number of carbonyl (C=O) groups excluding carboxylic acids is 1. The van der Waals surface area contributed by atoms with Gasteiger partial charge in [-0.3, -0.25) is 4.79 Å². The monoisotopic (exact) mass is 254 g/mol. The molecule has 94 valence electrons. The van der Waals surface area contributed by atoms with Gasteiger partial charge >= 0.3 is 0 Å². The third-order valence-electron chi connectivity index (χ3n) is 3.12. The highest BCUT2D eigenvalue weighted by Crippen LogP contribution is 2.19. The van der Waals surface area contributed by atoms with E-state index in [4.69, 9.17) is 10.5 Å². The van der Waals surface area contributed by atoms with Crippen LogP contribution in [0.1, 0.15) is 17.7 Å². The zero-order valence-electron chi connectivity index (χ0n) is 9.72. The Labute approximate surface area is 105 Å². The van der Waals surface area contributed by atoms with Crippen LogP contribution in [-0.4, -0.2) is 25.2 Å².